The molecule has 1 N–H and O–H groups in total. The van der Waals surface area contributed by atoms with Crippen LogP contribution in [0, 0.1) is 6.92 Å². The summed E-state index contributed by atoms with van der Waals surface area (Å²) in [5.74, 6) is 1.44. The first kappa shape index (κ1) is 14.1. The van der Waals surface area contributed by atoms with Gasteiger partial charge in [-0.05, 0) is 19.1 Å². The predicted molar refractivity (Wildman–Crippen MR) is 73.8 cm³/mol. The molecule has 8 heteroatoms. The molecule has 0 aliphatic rings. The van der Waals surface area contributed by atoms with Crippen molar-refractivity contribution in [1.82, 2.24) is 20.4 Å². The van der Waals surface area contributed by atoms with Crippen LogP contribution in [0.1, 0.15) is 34.9 Å². The van der Waals surface area contributed by atoms with Crippen LogP contribution in [-0.4, -0.2) is 21.0 Å². The second-order valence-corrected chi connectivity index (χ2v) is 4.55. The molecule has 3 rings (SSSR count). The molecule has 0 spiro atoms. The normalized spacial score (nSPS) is 10.8. The van der Waals surface area contributed by atoms with Crippen molar-refractivity contribution in [1.29, 1.82) is 0 Å². The molecule has 0 saturated carbocycles. The summed E-state index contributed by atoms with van der Waals surface area (Å²) in [4.78, 5) is 20.3. The number of nitrogens with one attached hydrogen (secondary N) is 1. The maximum Gasteiger partial charge on any atom is 0.293 e. The average molecular weight is 302 g/mol. The zero-order valence-electron chi connectivity index (χ0n) is 12.1. The molecule has 0 radical (unpaired) electrons. The number of amides is 1. The lowest BCUT2D eigenvalue weighted by Crippen LogP contribution is -2.23. The van der Waals surface area contributed by atoms with E-state index in [-0.39, 0.29) is 24.1 Å². The first-order valence-electron chi connectivity index (χ1n) is 6.78. The molecule has 0 aromatic carbocycles. The van der Waals surface area contributed by atoms with Gasteiger partial charge in [0.15, 0.2) is 17.5 Å². The number of rotatable bonds is 5. The van der Waals surface area contributed by atoms with Crippen LogP contribution in [0.15, 0.2) is 31.8 Å². The molecule has 1 amide bonds. The summed E-state index contributed by atoms with van der Waals surface area (Å²) < 4.78 is 15.6. The summed E-state index contributed by atoms with van der Waals surface area (Å²) in [5.41, 5.74) is 0.554. The van der Waals surface area contributed by atoms with Crippen LogP contribution in [0.5, 0.6) is 0 Å². The minimum absolute atomic E-state index is 0.116. The summed E-state index contributed by atoms with van der Waals surface area (Å²) in [6.07, 6.45) is 2.14. The van der Waals surface area contributed by atoms with E-state index in [1.807, 2.05) is 6.92 Å². The van der Waals surface area contributed by atoms with Gasteiger partial charge in [-0.3, -0.25) is 4.79 Å². The number of carbonyl (C=O) groups is 1. The molecule has 0 unspecified atom stereocenters. The zero-order chi connectivity index (χ0) is 15.5. The highest BCUT2D eigenvalue weighted by atomic mass is 16.5. The number of hydrogen-bond acceptors (Lipinski definition) is 7. The van der Waals surface area contributed by atoms with Gasteiger partial charge in [-0.2, -0.15) is 4.98 Å². The Morgan fingerprint density at radius 1 is 1.36 bits per heavy atom. The van der Waals surface area contributed by atoms with E-state index < -0.39 is 0 Å². The Kier molecular flexibility index (Phi) is 3.73. The Hall–Kier alpha value is -2.90. The summed E-state index contributed by atoms with van der Waals surface area (Å²) >= 11 is 0. The van der Waals surface area contributed by atoms with Crippen LogP contribution in [0.2, 0.25) is 0 Å². The van der Waals surface area contributed by atoms with Gasteiger partial charge in [0.05, 0.1) is 18.5 Å². The molecule has 0 bridgehead atoms. The van der Waals surface area contributed by atoms with E-state index in [1.54, 1.807) is 19.1 Å². The number of hydrogen-bond donors (Lipinski definition) is 1. The number of aryl methyl sites for hydroxylation is 2. The molecule has 3 aromatic rings. The van der Waals surface area contributed by atoms with Crippen LogP contribution in [-0.2, 0) is 13.0 Å². The maximum atomic E-state index is 12.1. The van der Waals surface area contributed by atoms with Gasteiger partial charge < -0.3 is 18.7 Å². The van der Waals surface area contributed by atoms with Crippen molar-refractivity contribution >= 4 is 5.91 Å². The van der Waals surface area contributed by atoms with Crippen molar-refractivity contribution in [2.75, 3.05) is 0 Å². The molecule has 8 nitrogen and oxygen atoms in total. The lowest BCUT2D eigenvalue weighted by Gasteiger charge is -1.99. The number of oxazole rings is 1. The second-order valence-electron chi connectivity index (χ2n) is 4.55. The van der Waals surface area contributed by atoms with Crippen molar-refractivity contribution in [2.24, 2.45) is 0 Å². The van der Waals surface area contributed by atoms with E-state index >= 15 is 0 Å². The van der Waals surface area contributed by atoms with E-state index in [0.29, 0.717) is 29.6 Å². The quantitative estimate of drug-likeness (QED) is 0.769. The van der Waals surface area contributed by atoms with Crippen LogP contribution in [0.3, 0.4) is 0 Å². The Bertz CT molecular complexity index is 773. The van der Waals surface area contributed by atoms with E-state index in [4.69, 9.17) is 13.4 Å². The minimum Gasteiger partial charge on any atom is -0.459 e. The molecule has 3 heterocycles. The van der Waals surface area contributed by atoms with Crippen molar-refractivity contribution < 1.29 is 18.2 Å². The van der Waals surface area contributed by atoms with Crippen LogP contribution in [0.4, 0.5) is 0 Å². The highest BCUT2D eigenvalue weighted by Gasteiger charge is 2.18. The van der Waals surface area contributed by atoms with E-state index in [9.17, 15) is 4.79 Å². The molecule has 0 atom stereocenters. The molecular weight excluding hydrogens is 288 g/mol. The van der Waals surface area contributed by atoms with Crippen molar-refractivity contribution in [3.8, 4) is 11.7 Å². The van der Waals surface area contributed by atoms with Crippen molar-refractivity contribution in [3.63, 3.8) is 0 Å². The molecule has 0 aliphatic heterocycles. The Labute approximate surface area is 125 Å². The van der Waals surface area contributed by atoms with Gasteiger partial charge in [-0.1, -0.05) is 12.1 Å². The Morgan fingerprint density at radius 2 is 2.23 bits per heavy atom. The first-order valence-corrected chi connectivity index (χ1v) is 6.78. The number of nitrogens with zero attached hydrogens (tertiary/aromatic N) is 3. The Morgan fingerprint density at radius 3 is 2.91 bits per heavy atom. The monoisotopic (exact) mass is 302 g/mol. The van der Waals surface area contributed by atoms with Gasteiger partial charge in [0.1, 0.15) is 0 Å². The molecule has 0 saturated heterocycles. The number of aromatic nitrogens is 3. The average Bonchev–Trinajstić information content (AvgIpc) is 3.24. The summed E-state index contributed by atoms with van der Waals surface area (Å²) in [7, 11) is 0. The van der Waals surface area contributed by atoms with E-state index in [0.717, 1.165) is 0 Å². The standard InChI is InChI=1S/C14H14N4O4/c1-3-11-16-8(2)12(21-11)13(19)15-7-10-17-14(22-18-10)9-5-4-6-20-9/h4-6H,3,7H2,1-2H3,(H,15,19). The highest BCUT2D eigenvalue weighted by molar-refractivity contribution is 5.92. The fourth-order valence-corrected chi connectivity index (χ4v) is 1.88. The largest absolute Gasteiger partial charge is 0.459 e. The third-order valence-corrected chi connectivity index (χ3v) is 2.96. The number of furan rings is 1. The highest BCUT2D eigenvalue weighted by Crippen LogP contribution is 2.17. The second kappa shape index (κ2) is 5.84. The lowest BCUT2D eigenvalue weighted by molar-refractivity contribution is 0.0919. The third kappa shape index (κ3) is 2.76. The van der Waals surface area contributed by atoms with Gasteiger partial charge in [0.25, 0.3) is 11.8 Å². The molecule has 0 aliphatic carbocycles. The Balaban J connectivity index is 1.65. The third-order valence-electron chi connectivity index (χ3n) is 2.96. The first-order chi connectivity index (χ1) is 10.7. The summed E-state index contributed by atoms with van der Waals surface area (Å²) in [6, 6.07) is 3.43. The summed E-state index contributed by atoms with van der Waals surface area (Å²) in [5, 5.41) is 6.44. The van der Waals surface area contributed by atoms with Crippen LogP contribution >= 0.6 is 0 Å². The fraction of sp³-hybridized carbons (Fsp3) is 0.286. The molecular formula is C14H14N4O4. The fourth-order valence-electron chi connectivity index (χ4n) is 1.88. The molecule has 22 heavy (non-hydrogen) atoms. The van der Waals surface area contributed by atoms with Crippen molar-refractivity contribution in [2.45, 2.75) is 26.8 Å². The van der Waals surface area contributed by atoms with E-state index in [1.165, 1.54) is 6.26 Å². The zero-order valence-corrected chi connectivity index (χ0v) is 12.1. The molecule has 0 fully saturated rings. The van der Waals surface area contributed by atoms with Crippen LogP contribution in [0.25, 0.3) is 11.7 Å². The SMILES string of the molecule is CCc1nc(C)c(C(=O)NCc2noc(-c3ccco3)n2)o1. The number of carbonyl (C=O) groups excluding carboxylic acids is 1. The molecule has 3 aromatic heterocycles. The van der Waals surface area contributed by atoms with Gasteiger partial charge in [-0.25, -0.2) is 4.98 Å². The van der Waals surface area contributed by atoms with Gasteiger partial charge in [0, 0.05) is 6.42 Å². The lowest BCUT2D eigenvalue weighted by atomic mass is 10.3. The predicted octanol–water partition coefficient (Wildman–Crippen LogP) is 2.12. The molecule has 114 valence electrons. The van der Waals surface area contributed by atoms with E-state index in [2.05, 4.69) is 20.4 Å². The smallest absolute Gasteiger partial charge is 0.293 e. The minimum atomic E-state index is -0.367. The van der Waals surface area contributed by atoms with Crippen LogP contribution < -0.4 is 5.32 Å². The summed E-state index contributed by atoms with van der Waals surface area (Å²) in [6.45, 7) is 3.74. The van der Waals surface area contributed by atoms with Gasteiger partial charge >= 0.3 is 0 Å². The maximum absolute atomic E-state index is 12.1. The van der Waals surface area contributed by atoms with Gasteiger partial charge in [0.2, 0.25) is 5.76 Å². The topological polar surface area (TPSA) is 107 Å². The van der Waals surface area contributed by atoms with Crippen molar-refractivity contribution in [3.05, 3.63) is 41.6 Å². The van der Waals surface area contributed by atoms with Gasteiger partial charge in [-0.15, -0.1) is 0 Å².